The molecule has 6 aromatic rings. The molecule has 0 unspecified atom stereocenters. The van der Waals surface area contributed by atoms with Crippen molar-refractivity contribution < 1.29 is 38.6 Å². The Labute approximate surface area is 594 Å². The molecule has 8 heteroatoms. The van der Waals surface area contributed by atoms with Crippen molar-refractivity contribution in [3.8, 4) is 68.2 Å². The van der Waals surface area contributed by atoms with Gasteiger partial charge in [0, 0.05) is 35.1 Å². The minimum Gasteiger partial charge on any atom is -0.508 e. The van der Waals surface area contributed by atoms with E-state index in [2.05, 4.69) is 184 Å². The number of phenols is 2. The molecule has 536 valence electrons. The van der Waals surface area contributed by atoms with Crippen LogP contribution in [0.5, 0.6) is 46.0 Å². The molecule has 2 aliphatic carbocycles. The van der Waals surface area contributed by atoms with E-state index in [0.29, 0.717) is 85.3 Å². The lowest BCUT2D eigenvalue weighted by atomic mass is 9.67. The summed E-state index contributed by atoms with van der Waals surface area (Å²) >= 11 is 0. The molecule has 6 aromatic carbocycles. The average Bonchev–Trinajstić information content (AvgIpc) is 0.747. The molecule has 0 bridgehead atoms. The number of rotatable bonds is 32. The normalized spacial score (nSPS) is 19.7. The summed E-state index contributed by atoms with van der Waals surface area (Å²) in [6, 6.07) is 30.8. The zero-order chi connectivity index (χ0) is 70.3. The highest BCUT2D eigenvalue weighted by atomic mass is 16.5. The van der Waals surface area contributed by atoms with Crippen LogP contribution in [0.3, 0.4) is 0 Å². The number of unbranched alkanes of at least 4 members (excludes halogenated alkanes) is 8. The van der Waals surface area contributed by atoms with Crippen LogP contribution in [0.15, 0.2) is 84.9 Å². The lowest BCUT2D eigenvalue weighted by Crippen LogP contribution is -2.29. The monoisotopic (exact) mass is 1340 g/mol. The molecule has 10 rings (SSSR count). The first-order chi connectivity index (χ1) is 47.0. The van der Waals surface area contributed by atoms with Gasteiger partial charge in [-0.3, -0.25) is 0 Å². The van der Waals surface area contributed by atoms with Crippen LogP contribution in [0.4, 0.5) is 0 Å². The van der Waals surface area contributed by atoms with Crippen LogP contribution in [0.2, 0.25) is 0 Å². The number of hydrogen-bond acceptors (Lipinski definition) is 8. The fourth-order valence-corrected chi connectivity index (χ4v) is 16.8. The molecule has 4 aliphatic rings. The SMILES string of the molecule is CCCCCc1cc(OCCCOc2cc(CCCCC)cc(O)c2[C@@H]2C[C@@H](C)CC[C@H]2C(C)C)c2c(c1)OC(C)(C)c1ccc(C)cc1-2.CCCCCc1cc(OCCCOc2cc(CCCCC)cc(O)c2[C@@H]2C[C@H](C)CC[C@H]2C(C)C)c2c(c1)OC(C)(C)c1ccc(C)cc1-2. The van der Waals surface area contributed by atoms with Crippen LogP contribution in [0.1, 0.15) is 293 Å². The summed E-state index contributed by atoms with van der Waals surface area (Å²) < 4.78 is 40.0. The molecule has 2 N–H and O–H groups in total. The number of phenolic OH excluding ortho intramolecular Hbond substituents is 2. The van der Waals surface area contributed by atoms with E-state index in [1.807, 2.05) is 12.1 Å². The van der Waals surface area contributed by atoms with Gasteiger partial charge >= 0.3 is 0 Å². The van der Waals surface area contributed by atoms with Gasteiger partial charge in [0.2, 0.25) is 0 Å². The number of hydrogen-bond donors (Lipinski definition) is 2. The minimum atomic E-state index is -0.414. The van der Waals surface area contributed by atoms with Crippen molar-refractivity contribution in [2.75, 3.05) is 26.4 Å². The van der Waals surface area contributed by atoms with Crippen molar-refractivity contribution in [3.05, 3.63) is 141 Å². The summed E-state index contributed by atoms with van der Waals surface area (Å²) in [5.41, 5.74) is 15.5. The largest absolute Gasteiger partial charge is 0.508 e. The third kappa shape index (κ3) is 19.2. The average molecular weight is 1340 g/mol. The maximum Gasteiger partial charge on any atom is 0.132 e. The standard InChI is InChI=1S/2C45H64O4/c2*1-9-11-13-16-33-26-39(46)43(36-24-31(5)18-20-35(36)30(3)4)40(27-33)47-22-15-23-48-41-28-34(17-14-12-10-2)29-42-44(41)37-25-32(6)19-21-38(37)45(7,8)49-42/h2*19,21,25-31,35-36,46H,9-18,20,22-24H2,1-8H3/t31-,35+,36-;31-,35-,36+/m10/s1. The van der Waals surface area contributed by atoms with Crippen LogP contribution in [0, 0.1) is 49.4 Å². The van der Waals surface area contributed by atoms with Gasteiger partial charge in [0.05, 0.1) is 37.6 Å². The number of fused-ring (bicyclic) bond motifs is 6. The Kier molecular flexibility index (Phi) is 27.4. The molecule has 2 saturated carbocycles. The highest BCUT2D eigenvalue weighted by molar-refractivity contribution is 5.84. The first kappa shape index (κ1) is 75.9. The van der Waals surface area contributed by atoms with Crippen LogP contribution >= 0.6 is 0 Å². The van der Waals surface area contributed by atoms with E-state index in [4.69, 9.17) is 28.4 Å². The Balaban J connectivity index is 0.000000229. The number of ether oxygens (including phenoxy) is 6. The molecule has 6 atom stereocenters. The Morgan fingerprint density at radius 1 is 0.418 bits per heavy atom. The molecule has 98 heavy (non-hydrogen) atoms. The maximum absolute atomic E-state index is 11.6. The van der Waals surface area contributed by atoms with E-state index in [1.165, 1.54) is 133 Å². The Bertz CT molecular complexity index is 3300. The summed E-state index contributed by atoms with van der Waals surface area (Å²) in [5, 5.41) is 23.1. The van der Waals surface area contributed by atoms with Crippen LogP contribution in [0.25, 0.3) is 22.3 Å². The van der Waals surface area contributed by atoms with Crippen molar-refractivity contribution in [1.29, 1.82) is 0 Å². The molecular weight excluding hydrogens is 1210 g/mol. The predicted octanol–water partition coefficient (Wildman–Crippen LogP) is 25.0. The fourth-order valence-electron chi connectivity index (χ4n) is 16.8. The summed E-state index contributed by atoms with van der Waals surface area (Å²) in [5.74, 6) is 10.4. The number of benzene rings is 6. The van der Waals surface area contributed by atoms with Gasteiger partial charge in [0.1, 0.15) is 57.2 Å². The Morgan fingerprint density at radius 2 is 0.745 bits per heavy atom. The van der Waals surface area contributed by atoms with E-state index in [1.54, 1.807) is 0 Å². The zero-order valence-corrected chi connectivity index (χ0v) is 63.8. The van der Waals surface area contributed by atoms with E-state index < -0.39 is 11.2 Å². The van der Waals surface area contributed by atoms with Gasteiger partial charge in [-0.2, -0.15) is 0 Å². The molecule has 2 heterocycles. The second-order valence-corrected chi connectivity index (χ2v) is 32.1. The van der Waals surface area contributed by atoms with Gasteiger partial charge < -0.3 is 38.6 Å². The van der Waals surface area contributed by atoms with Crippen LogP contribution in [-0.2, 0) is 36.9 Å². The Morgan fingerprint density at radius 3 is 1.08 bits per heavy atom. The van der Waals surface area contributed by atoms with E-state index >= 15 is 0 Å². The molecule has 0 amide bonds. The summed E-state index contributed by atoms with van der Waals surface area (Å²) in [7, 11) is 0. The summed E-state index contributed by atoms with van der Waals surface area (Å²) in [4.78, 5) is 0. The fraction of sp³-hybridized carbons (Fsp3) is 0.600. The number of aromatic hydroxyl groups is 2. The molecular formula is C90H128O8. The minimum absolute atomic E-state index is 0.314. The van der Waals surface area contributed by atoms with Crippen molar-refractivity contribution in [3.63, 3.8) is 0 Å². The van der Waals surface area contributed by atoms with Crippen LogP contribution in [-0.4, -0.2) is 36.6 Å². The van der Waals surface area contributed by atoms with Gasteiger partial charge in [-0.05, 0) is 248 Å². The molecule has 8 nitrogen and oxygen atoms in total. The highest BCUT2D eigenvalue weighted by Gasteiger charge is 2.40. The topological polar surface area (TPSA) is 95.8 Å². The third-order valence-corrected chi connectivity index (χ3v) is 22.2. The quantitative estimate of drug-likeness (QED) is 0.0403. The van der Waals surface area contributed by atoms with Gasteiger partial charge in [-0.1, -0.05) is 181 Å². The van der Waals surface area contributed by atoms with E-state index in [-0.39, 0.29) is 0 Å². The van der Waals surface area contributed by atoms with Crippen LogP contribution < -0.4 is 28.4 Å². The lowest BCUT2D eigenvalue weighted by Gasteiger charge is -2.38. The highest BCUT2D eigenvalue weighted by Crippen LogP contribution is 2.55. The number of aryl methyl sites for hydroxylation is 6. The molecule has 0 saturated heterocycles. The smallest absolute Gasteiger partial charge is 0.132 e. The summed E-state index contributed by atoms with van der Waals surface area (Å²) in [6.07, 6.45) is 26.8. The molecule has 0 spiro atoms. The van der Waals surface area contributed by atoms with E-state index in [9.17, 15) is 10.2 Å². The first-order valence-corrected chi connectivity index (χ1v) is 39.2. The summed E-state index contributed by atoms with van der Waals surface area (Å²) in [6.45, 7) is 38.2. The molecule has 0 aromatic heterocycles. The van der Waals surface area contributed by atoms with Crippen molar-refractivity contribution >= 4 is 0 Å². The van der Waals surface area contributed by atoms with Gasteiger partial charge in [-0.15, -0.1) is 0 Å². The predicted molar refractivity (Wildman–Crippen MR) is 409 cm³/mol. The maximum atomic E-state index is 11.6. The van der Waals surface area contributed by atoms with Gasteiger partial charge in [0.15, 0.2) is 0 Å². The molecule has 0 radical (unpaired) electrons. The van der Waals surface area contributed by atoms with Crippen molar-refractivity contribution in [1.82, 2.24) is 0 Å². The van der Waals surface area contributed by atoms with Gasteiger partial charge in [0.25, 0.3) is 0 Å². The van der Waals surface area contributed by atoms with E-state index in [0.717, 1.165) is 134 Å². The van der Waals surface area contributed by atoms with Gasteiger partial charge in [-0.25, -0.2) is 0 Å². The second kappa shape index (κ2) is 35.4. The zero-order valence-electron chi connectivity index (χ0n) is 63.8. The molecule has 2 aliphatic heterocycles. The van der Waals surface area contributed by atoms with Crippen molar-refractivity contribution in [2.24, 2.45) is 35.5 Å². The Hall–Kier alpha value is -6.28. The first-order valence-electron chi connectivity index (χ1n) is 39.2. The van der Waals surface area contributed by atoms with Crippen molar-refractivity contribution in [2.45, 2.75) is 288 Å². The molecule has 2 fully saturated rings. The lowest BCUT2D eigenvalue weighted by molar-refractivity contribution is 0.104. The second-order valence-electron chi connectivity index (χ2n) is 32.1. The third-order valence-electron chi connectivity index (χ3n) is 22.2.